The number of nitrogens with zero attached hydrogens (tertiary/aromatic N) is 3. The van der Waals surface area contributed by atoms with E-state index in [2.05, 4.69) is 31.5 Å². The number of likely N-dealkylation sites (tertiary alicyclic amines) is 1. The van der Waals surface area contributed by atoms with Gasteiger partial charge in [0.25, 0.3) is 0 Å². The molecule has 1 N–H and O–H groups in total. The molecule has 1 fully saturated rings. The molecule has 5 nitrogen and oxygen atoms in total. The highest BCUT2D eigenvalue weighted by atomic mass is 32.1. The SMILES string of the molecule is c1cc(-c2ccc(CN3CCCC[C@@H]3c3nccs3)o2)[nH]n1. The van der Waals surface area contributed by atoms with Crippen molar-refractivity contribution >= 4 is 11.3 Å². The van der Waals surface area contributed by atoms with E-state index in [1.807, 2.05) is 18.3 Å². The number of H-pyrrole nitrogens is 1. The molecule has 0 aromatic carbocycles. The molecule has 22 heavy (non-hydrogen) atoms. The molecule has 0 bridgehead atoms. The summed E-state index contributed by atoms with van der Waals surface area (Å²) in [7, 11) is 0. The fourth-order valence-corrected chi connectivity index (χ4v) is 3.87. The predicted molar refractivity (Wildman–Crippen MR) is 85.4 cm³/mol. The van der Waals surface area contributed by atoms with Crippen LogP contribution >= 0.6 is 11.3 Å². The Morgan fingerprint density at radius 2 is 2.27 bits per heavy atom. The van der Waals surface area contributed by atoms with Gasteiger partial charge < -0.3 is 4.42 Å². The smallest absolute Gasteiger partial charge is 0.152 e. The Bertz CT molecular complexity index is 704. The number of hydrogen-bond donors (Lipinski definition) is 1. The zero-order valence-corrected chi connectivity index (χ0v) is 13.1. The molecule has 4 heterocycles. The Morgan fingerprint density at radius 3 is 3.09 bits per heavy atom. The normalized spacial score (nSPS) is 19.5. The first-order valence-electron chi connectivity index (χ1n) is 7.62. The van der Waals surface area contributed by atoms with Crippen LogP contribution in [0.4, 0.5) is 0 Å². The number of rotatable bonds is 4. The number of aromatic amines is 1. The third kappa shape index (κ3) is 2.71. The van der Waals surface area contributed by atoms with Gasteiger partial charge in [-0.15, -0.1) is 11.3 Å². The molecule has 4 rings (SSSR count). The zero-order valence-electron chi connectivity index (χ0n) is 12.2. The fourth-order valence-electron chi connectivity index (χ4n) is 3.06. The minimum absolute atomic E-state index is 0.425. The molecular weight excluding hydrogens is 296 g/mol. The lowest BCUT2D eigenvalue weighted by atomic mass is 10.0. The minimum Gasteiger partial charge on any atom is -0.458 e. The number of piperidine rings is 1. The Kier molecular flexibility index (Phi) is 3.78. The van der Waals surface area contributed by atoms with Crippen LogP contribution in [0.25, 0.3) is 11.5 Å². The van der Waals surface area contributed by atoms with Crippen LogP contribution in [0.15, 0.2) is 40.4 Å². The predicted octanol–water partition coefficient (Wildman–Crippen LogP) is 3.85. The third-order valence-electron chi connectivity index (χ3n) is 4.14. The van der Waals surface area contributed by atoms with E-state index in [-0.39, 0.29) is 0 Å². The second-order valence-electron chi connectivity index (χ2n) is 5.59. The summed E-state index contributed by atoms with van der Waals surface area (Å²) in [5, 5.41) is 10.2. The molecule has 0 unspecified atom stereocenters. The Hall–Kier alpha value is -1.92. The monoisotopic (exact) mass is 314 g/mol. The Morgan fingerprint density at radius 1 is 1.27 bits per heavy atom. The Balaban J connectivity index is 1.52. The van der Waals surface area contributed by atoms with Gasteiger partial charge in [0.1, 0.15) is 16.5 Å². The van der Waals surface area contributed by atoms with Crippen molar-refractivity contribution < 1.29 is 4.42 Å². The fraction of sp³-hybridized carbons (Fsp3) is 0.375. The standard InChI is InChI=1S/C16H18N4OS/c1-2-9-20(14(3-1)16-17-8-10-22-16)11-12-4-5-15(21-12)13-6-7-18-19-13/h4-8,10,14H,1-3,9,11H2,(H,18,19)/t14-/m1/s1. The van der Waals surface area contributed by atoms with Crippen LogP contribution in [-0.2, 0) is 6.54 Å². The largest absolute Gasteiger partial charge is 0.458 e. The maximum atomic E-state index is 5.97. The van der Waals surface area contributed by atoms with Gasteiger partial charge in [-0.1, -0.05) is 6.42 Å². The number of nitrogens with one attached hydrogen (secondary N) is 1. The van der Waals surface area contributed by atoms with Crippen molar-refractivity contribution in [2.45, 2.75) is 31.8 Å². The summed E-state index contributed by atoms with van der Waals surface area (Å²) in [5.74, 6) is 1.84. The van der Waals surface area contributed by atoms with Crippen molar-refractivity contribution in [3.63, 3.8) is 0 Å². The quantitative estimate of drug-likeness (QED) is 0.794. The molecule has 6 heteroatoms. The second-order valence-corrected chi connectivity index (χ2v) is 6.51. The van der Waals surface area contributed by atoms with Crippen LogP contribution in [-0.4, -0.2) is 26.6 Å². The second kappa shape index (κ2) is 6.06. The van der Waals surface area contributed by atoms with Gasteiger partial charge in [0.15, 0.2) is 5.76 Å². The Labute approximate surface area is 133 Å². The van der Waals surface area contributed by atoms with Gasteiger partial charge in [-0.3, -0.25) is 10.00 Å². The van der Waals surface area contributed by atoms with Crippen molar-refractivity contribution in [1.82, 2.24) is 20.1 Å². The van der Waals surface area contributed by atoms with E-state index in [4.69, 9.17) is 4.42 Å². The maximum Gasteiger partial charge on any atom is 0.152 e. The molecule has 0 radical (unpaired) electrons. The van der Waals surface area contributed by atoms with Crippen LogP contribution in [0.5, 0.6) is 0 Å². The summed E-state index contributed by atoms with van der Waals surface area (Å²) in [4.78, 5) is 6.99. The van der Waals surface area contributed by atoms with Crippen LogP contribution in [0.3, 0.4) is 0 Å². The highest BCUT2D eigenvalue weighted by molar-refractivity contribution is 7.09. The lowest BCUT2D eigenvalue weighted by Crippen LogP contribution is -2.32. The van der Waals surface area contributed by atoms with Crippen molar-refractivity contribution in [3.8, 4) is 11.5 Å². The summed E-state index contributed by atoms with van der Waals surface area (Å²) in [6, 6.07) is 6.41. The molecule has 1 saturated heterocycles. The molecule has 3 aromatic rings. The van der Waals surface area contributed by atoms with Crippen LogP contribution in [0.1, 0.15) is 36.1 Å². The summed E-state index contributed by atoms with van der Waals surface area (Å²) < 4.78 is 5.97. The third-order valence-corrected chi connectivity index (χ3v) is 5.01. The molecule has 114 valence electrons. The average molecular weight is 314 g/mol. The van der Waals surface area contributed by atoms with Gasteiger partial charge in [0, 0.05) is 17.8 Å². The van der Waals surface area contributed by atoms with E-state index in [0.29, 0.717) is 6.04 Å². The lowest BCUT2D eigenvalue weighted by molar-refractivity contribution is 0.130. The first-order chi connectivity index (χ1) is 10.9. The van der Waals surface area contributed by atoms with Gasteiger partial charge in [0.05, 0.1) is 12.6 Å². The minimum atomic E-state index is 0.425. The van der Waals surface area contributed by atoms with E-state index in [0.717, 1.165) is 30.3 Å². The molecule has 1 atom stereocenters. The van der Waals surface area contributed by atoms with Crippen LogP contribution in [0, 0.1) is 0 Å². The van der Waals surface area contributed by atoms with Gasteiger partial charge in [-0.05, 0) is 37.6 Å². The van der Waals surface area contributed by atoms with Crippen molar-refractivity contribution in [3.05, 3.63) is 46.7 Å². The summed E-state index contributed by atoms with van der Waals surface area (Å²) in [6.45, 7) is 1.93. The molecule has 1 aliphatic rings. The molecule has 0 saturated carbocycles. The lowest BCUT2D eigenvalue weighted by Gasteiger charge is -2.33. The van der Waals surface area contributed by atoms with Gasteiger partial charge in [-0.25, -0.2) is 4.98 Å². The van der Waals surface area contributed by atoms with E-state index in [1.165, 1.54) is 24.3 Å². The van der Waals surface area contributed by atoms with Gasteiger partial charge in [0.2, 0.25) is 0 Å². The van der Waals surface area contributed by atoms with E-state index in [9.17, 15) is 0 Å². The number of furan rings is 1. The molecule has 0 amide bonds. The number of hydrogen-bond acceptors (Lipinski definition) is 5. The molecule has 3 aromatic heterocycles. The highest BCUT2D eigenvalue weighted by Crippen LogP contribution is 2.33. The summed E-state index contributed by atoms with van der Waals surface area (Å²) >= 11 is 1.75. The molecule has 0 spiro atoms. The van der Waals surface area contributed by atoms with E-state index in [1.54, 1.807) is 17.5 Å². The van der Waals surface area contributed by atoms with E-state index < -0.39 is 0 Å². The topological polar surface area (TPSA) is 58.0 Å². The van der Waals surface area contributed by atoms with Crippen LogP contribution < -0.4 is 0 Å². The first kappa shape index (κ1) is 13.7. The average Bonchev–Trinajstić information content (AvgIpc) is 3.30. The molecular formula is C16H18N4OS. The highest BCUT2D eigenvalue weighted by Gasteiger charge is 2.26. The molecule has 0 aliphatic carbocycles. The number of thiazole rings is 1. The first-order valence-corrected chi connectivity index (χ1v) is 8.50. The molecule has 1 aliphatic heterocycles. The van der Waals surface area contributed by atoms with Crippen molar-refractivity contribution in [1.29, 1.82) is 0 Å². The maximum absolute atomic E-state index is 5.97. The van der Waals surface area contributed by atoms with Crippen molar-refractivity contribution in [2.75, 3.05) is 6.54 Å². The summed E-state index contributed by atoms with van der Waals surface area (Å²) in [6.07, 6.45) is 7.34. The van der Waals surface area contributed by atoms with Gasteiger partial charge >= 0.3 is 0 Å². The number of aromatic nitrogens is 3. The van der Waals surface area contributed by atoms with Gasteiger partial charge in [-0.2, -0.15) is 5.10 Å². The zero-order chi connectivity index (χ0) is 14.8. The van der Waals surface area contributed by atoms with Crippen molar-refractivity contribution in [2.24, 2.45) is 0 Å². The van der Waals surface area contributed by atoms with E-state index >= 15 is 0 Å². The summed E-state index contributed by atoms with van der Waals surface area (Å²) in [5.41, 5.74) is 0.918. The van der Waals surface area contributed by atoms with Crippen LogP contribution in [0.2, 0.25) is 0 Å².